The Labute approximate surface area is 131 Å². The lowest BCUT2D eigenvalue weighted by Crippen LogP contribution is -2.42. The Morgan fingerprint density at radius 1 is 1.45 bits per heavy atom. The number of thiocarbonyl (C=S) groups is 1. The molecule has 1 saturated carbocycles. The van der Waals surface area contributed by atoms with Gasteiger partial charge >= 0.3 is 0 Å². The van der Waals surface area contributed by atoms with Crippen molar-refractivity contribution in [2.75, 3.05) is 0 Å². The highest BCUT2D eigenvalue weighted by Crippen LogP contribution is 2.38. The molecular weight excluding hydrogens is 336 g/mol. The fourth-order valence-electron chi connectivity index (χ4n) is 2.79. The topological polar surface area (TPSA) is 49.3 Å². The molecule has 6 heteroatoms. The zero-order valence-corrected chi connectivity index (χ0v) is 13.2. The van der Waals surface area contributed by atoms with Crippen LogP contribution in [0.3, 0.4) is 0 Å². The van der Waals surface area contributed by atoms with Gasteiger partial charge in [0.15, 0.2) is 5.11 Å². The van der Waals surface area contributed by atoms with Crippen LogP contribution in [0.2, 0.25) is 0 Å². The summed E-state index contributed by atoms with van der Waals surface area (Å²) < 4.78 is 0.905. The van der Waals surface area contributed by atoms with Gasteiger partial charge in [0.1, 0.15) is 0 Å². The van der Waals surface area contributed by atoms with Gasteiger partial charge in [-0.3, -0.25) is 10.4 Å². The van der Waals surface area contributed by atoms with E-state index in [4.69, 9.17) is 12.2 Å². The molecule has 1 heterocycles. The second-order valence-corrected chi connectivity index (χ2v) is 6.36. The molecule has 0 saturated heterocycles. The Hall–Kier alpha value is -1.27. The predicted octanol–water partition coefficient (Wildman–Crippen LogP) is 2.61. The molecule has 0 amide bonds. The van der Waals surface area contributed by atoms with E-state index in [9.17, 15) is 0 Å². The Morgan fingerprint density at radius 3 is 3.05 bits per heavy atom. The van der Waals surface area contributed by atoms with Gasteiger partial charge in [0.25, 0.3) is 0 Å². The minimum atomic E-state index is 0.446. The van der Waals surface area contributed by atoms with Crippen LogP contribution in [0.4, 0.5) is 0 Å². The summed E-state index contributed by atoms with van der Waals surface area (Å²) in [5.74, 6) is 1.35. The van der Waals surface area contributed by atoms with Gasteiger partial charge in [0, 0.05) is 16.7 Å². The summed E-state index contributed by atoms with van der Waals surface area (Å²) in [6.45, 7) is 0. The summed E-state index contributed by atoms with van der Waals surface area (Å²) in [4.78, 5) is 4.20. The van der Waals surface area contributed by atoms with Gasteiger partial charge in [0.2, 0.25) is 0 Å². The average Bonchev–Trinajstić information content (AvgIpc) is 3.03. The van der Waals surface area contributed by atoms with E-state index in [-0.39, 0.29) is 0 Å². The molecule has 0 radical (unpaired) electrons. The molecule has 104 valence electrons. The van der Waals surface area contributed by atoms with Crippen molar-refractivity contribution < 1.29 is 0 Å². The van der Waals surface area contributed by atoms with Crippen molar-refractivity contribution in [3.63, 3.8) is 0 Å². The summed E-state index contributed by atoms with van der Waals surface area (Å²) >= 11 is 8.68. The monoisotopic (exact) mass is 350 g/mol. The number of hydrazone groups is 1. The molecule has 2 aliphatic carbocycles. The molecule has 1 aromatic heterocycles. The third-order valence-corrected chi connectivity index (χ3v) is 4.61. The number of hydrogen-bond acceptors (Lipinski definition) is 3. The van der Waals surface area contributed by atoms with Crippen LogP contribution >= 0.6 is 28.1 Å². The second kappa shape index (κ2) is 6.01. The second-order valence-electron chi connectivity index (χ2n) is 5.10. The molecule has 20 heavy (non-hydrogen) atoms. The lowest BCUT2D eigenvalue weighted by Gasteiger charge is -2.20. The molecule has 3 atom stereocenters. The Balaban J connectivity index is 1.50. The van der Waals surface area contributed by atoms with E-state index < -0.39 is 0 Å². The van der Waals surface area contributed by atoms with Crippen LogP contribution in [0, 0.1) is 11.8 Å². The number of rotatable bonds is 3. The van der Waals surface area contributed by atoms with E-state index in [2.05, 4.69) is 48.9 Å². The summed E-state index contributed by atoms with van der Waals surface area (Å²) in [5.41, 5.74) is 3.62. The smallest absolute Gasteiger partial charge is 0.187 e. The number of pyridine rings is 1. The van der Waals surface area contributed by atoms with Crippen molar-refractivity contribution in [1.82, 2.24) is 15.7 Å². The first kappa shape index (κ1) is 13.7. The first-order valence-electron chi connectivity index (χ1n) is 6.61. The van der Waals surface area contributed by atoms with Crippen molar-refractivity contribution in [1.29, 1.82) is 0 Å². The first-order chi connectivity index (χ1) is 9.72. The van der Waals surface area contributed by atoms with Gasteiger partial charge in [-0.05, 0) is 65.0 Å². The number of halogens is 1. The fourth-order valence-corrected chi connectivity index (χ4v) is 3.35. The van der Waals surface area contributed by atoms with E-state index in [1.807, 2.05) is 12.1 Å². The van der Waals surface area contributed by atoms with E-state index in [0.717, 1.165) is 16.1 Å². The number of fused-ring (bicyclic) bond motifs is 2. The molecule has 2 N–H and O–H groups in total. The Kier molecular flexibility index (Phi) is 4.12. The van der Waals surface area contributed by atoms with Crippen molar-refractivity contribution >= 4 is 39.5 Å². The van der Waals surface area contributed by atoms with Crippen LogP contribution in [-0.4, -0.2) is 22.4 Å². The van der Waals surface area contributed by atoms with E-state index >= 15 is 0 Å². The van der Waals surface area contributed by atoms with Gasteiger partial charge in [-0.15, -0.1) is 0 Å². The van der Waals surface area contributed by atoms with Gasteiger partial charge in [-0.2, -0.15) is 5.10 Å². The summed E-state index contributed by atoms with van der Waals surface area (Å²) in [6.07, 6.45) is 10.4. The van der Waals surface area contributed by atoms with E-state index in [0.29, 0.717) is 17.1 Å². The summed E-state index contributed by atoms with van der Waals surface area (Å²) in [5, 5.41) is 8.02. The maximum absolute atomic E-state index is 5.26. The summed E-state index contributed by atoms with van der Waals surface area (Å²) in [7, 11) is 0. The highest BCUT2D eigenvalue weighted by atomic mass is 79.9. The maximum atomic E-state index is 5.26. The first-order valence-corrected chi connectivity index (χ1v) is 7.81. The third-order valence-electron chi connectivity index (χ3n) is 3.74. The SMILES string of the molecule is S=C(N/N=C/c1ncccc1Br)NC1CC2C=CC1C2. The normalized spacial score (nSPS) is 27.1. The van der Waals surface area contributed by atoms with Crippen molar-refractivity contribution in [3.8, 4) is 0 Å². The Morgan fingerprint density at radius 2 is 2.35 bits per heavy atom. The quantitative estimate of drug-likeness (QED) is 0.380. The molecule has 4 nitrogen and oxygen atoms in total. The number of aromatic nitrogens is 1. The molecular formula is C14H15BrN4S. The van der Waals surface area contributed by atoms with Crippen LogP contribution in [0.25, 0.3) is 0 Å². The molecule has 3 unspecified atom stereocenters. The summed E-state index contributed by atoms with van der Waals surface area (Å²) in [6, 6.07) is 4.23. The van der Waals surface area contributed by atoms with Gasteiger partial charge in [0.05, 0.1) is 11.9 Å². The number of hydrogen-bond donors (Lipinski definition) is 2. The molecule has 3 rings (SSSR count). The fraction of sp³-hybridized carbons (Fsp3) is 0.357. The van der Waals surface area contributed by atoms with Crippen LogP contribution < -0.4 is 10.7 Å². The highest BCUT2D eigenvalue weighted by molar-refractivity contribution is 9.10. The largest absolute Gasteiger partial charge is 0.358 e. The highest BCUT2D eigenvalue weighted by Gasteiger charge is 2.35. The van der Waals surface area contributed by atoms with E-state index in [1.165, 1.54) is 12.8 Å². The van der Waals surface area contributed by atoms with E-state index in [1.54, 1.807) is 12.4 Å². The number of nitrogens with zero attached hydrogens (tertiary/aromatic N) is 2. The van der Waals surface area contributed by atoms with Crippen LogP contribution in [-0.2, 0) is 0 Å². The lowest BCUT2D eigenvalue weighted by atomic mass is 10.0. The van der Waals surface area contributed by atoms with Gasteiger partial charge in [-0.25, -0.2) is 0 Å². The third kappa shape index (κ3) is 3.07. The van der Waals surface area contributed by atoms with Crippen LogP contribution in [0.1, 0.15) is 18.5 Å². The minimum absolute atomic E-state index is 0.446. The van der Waals surface area contributed by atoms with Crippen LogP contribution in [0.15, 0.2) is 40.1 Å². The maximum Gasteiger partial charge on any atom is 0.187 e. The zero-order valence-electron chi connectivity index (χ0n) is 10.8. The van der Waals surface area contributed by atoms with Crippen molar-refractivity contribution in [3.05, 3.63) is 40.6 Å². The molecule has 0 spiro atoms. The number of nitrogens with one attached hydrogen (secondary N) is 2. The molecule has 0 aromatic carbocycles. The molecule has 2 bridgehead atoms. The minimum Gasteiger partial charge on any atom is -0.358 e. The average molecular weight is 351 g/mol. The van der Waals surface area contributed by atoms with Crippen LogP contribution in [0.5, 0.6) is 0 Å². The van der Waals surface area contributed by atoms with Gasteiger partial charge < -0.3 is 5.32 Å². The molecule has 1 aromatic rings. The zero-order chi connectivity index (χ0) is 13.9. The molecule has 2 aliphatic rings. The molecule has 1 fully saturated rings. The Bertz CT molecular complexity index is 572. The van der Waals surface area contributed by atoms with Gasteiger partial charge in [-0.1, -0.05) is 12.2 Å². The van der Waals surface area contributed by atoms with Crippen molar-refractivity contribution in [2.45, 2.75) is 18.9 Å². The molecule has 0 aliphatic heterocycles. The van der Waals surface area contributed by atoms with Crippen molar-refractivity contribution in [2.24, 2.45) is 16.9 Å². The predicted molar refractivity (Wildman–Crippen MR) is 87.5 cm³/mol. The standard InChI is InChI=1S/C14H15BrN4S/c15-11-2-1-5-16-13(11)8-17-19-14(20)18-12-7-9-3-4-10(12)6-9/h1-5,8-10,12H,6-7H2,(H2,18,19,20)/b17-8+. The number of allylic oxidation sites excluding steroid dienone is 1. The lowest BCUT2D eigenvalue weighted by molar-refractivity contribution is 0.521.